The second kappa shape index (κ2) is 9.35. The number of carbonyl (C=O) groups is 2. The van der Waals surface area contributed by atoms with Crippen molar-refractivity contribution < 1.29 is 19.4 Å². The highest BCUT2D eigenvalue weighted by molar-refractivity contribution is 9.10. The van der Waals surface area contributed by atoms with Crippen LogP contribution in [0.25, 0.3) is 11.1 Å². The summed E-state index contributed by atoms with van der Waals surface area (Å²) in [4.78, 5) is 23.9. The molecule has 6 heteroatoms. The Hall–Kier alpha value is -3.12. The van der Waals surface area contributed by atoms with Crippen molar-refractivity contribution in [3.8, 4) is 11.1 Å². The van der Waals surface area contributed by atoms with Gasteiger partial charge in [0.05, 0.1) is 6.42 Å². The lowest BCUT2D eigenvalue weighted by Crippen LogP contribution is -2.39. The fourth-order valence-electron chi connectivity index (χ4n) is 4.12. The van der Waals surface area contributed by atoms with Crippen LogP contribution in [0.3, 0.4) is 0 Å². The van der Waals surface area contributed by atoms with Crippen LogP contribution in [0, 0.1) is 0 Å². The standard InChI is InChI=1S/C25H22BrNO4/c26-23-12-6-1-7-16(23)13-17(14-24(28)29)27-25(30)31-15-22-20-10-4-2-8-18(20)19-9-3-5-11-21(19)22/h1-12,17,22H,13-15H2,(H,27,30)(H,28,29)/t17-/m1/s1. The Kier molecular flexibility index (Phi) is 6.37. The maximum Gasteiger partial charge on any atom is 0.407 e. The molecule has 1 atom stereocenters. The lowest BCUT2D eigenvalue weighted by Gasteiger charge is -2.19. The molecule has 2 N–H and O–H groups in total. The fraction of sp³-hybridized carbons (Fsp3) is 0.200. The van der Waals surface area contributed by atoms with E-state index >= 15 is 0 Å². The summed E-state index contributed by atoms with van der Waals surface area (Å²) in [6.45, 7) is 0.189. The molecule has 4 rings (SSSR count). The highest BCUT2D eigenvalue weighted by Crippen LogP contribution is 2.44. The number of carboxylic acids is 1. The molecule has 0 unspecified atom stereocenters. The predicted octanol–water partition coefficient (Wildman–Crippen LogP) is 5.37. The second-order valence-corrected chi connectivity index (χ2v) is 8.41. The summed E-state index contributed by atoms with van der Waals surface area (Å²) in [6, 6.07) is 23.2. The SMILES string of the molecule is O=C(O)C[C@@H](Cc1ccccc1Br)NC(=O)OCC1c2ccccc2-c2ccccc21. The van der Waals surface area contributed by atoms with Gasteiger partial charge in [-0.1, -0.05) is 82.7 Å². The molecule has 1 amide bonds. The van der Waals surface area contributed by atoms with Crippen LogP contribution in [0.4, 0.5) is 4.79 Å². The molecule has 0 saturated heterocycles. The zero-order valence-corrected chi connectivity index (χ0v) is 18.3. The van der Waals surface area contributed by atoms with Crippen LogP contribution in [0.5, 0.6) is 0 Å². The number of alkyl carbamates (subject to hydrolysis) is 1. The molecule has 1 aliphatic rings. The highest BCUT2D eigenvalue weighted by atomic mass is 79.9. The van der Waals surface area contributed by atoms with E-state index in [1.54, 1.807) is 0 Å². The van der Waals surface area contributed by atoms with Gasteiger partial charge in [0, 0.05) is 16.4 Å². The van der Waals surface area contributed by atoms with Gasteiger partial charge in [0.25, 0.3) is 0 Å². The molecule has 31 heavy (non-hydrogen) atoms. The average Bonchev–Trinajstić information content (AvgIpc) is 3.07. The zero-order chi connectivity index (χ0) is 21.8. The maximum absolute atomic E-state index is 12.6. The molecule has 5 nitrogen and oxygen atoms in total. The topological polar surface area (TPSA) is 75.6 Å². The summed E-state index contributed by atoms with van der Waals surface area (Å²) in [5.41, 5.74) is 5.50. The molecule has 1 aliphatic carbocycles. The van der Waals surface area contributed by atoms with E-state index in [2.05, 4.69) is 45.5 Å². The van der Waals surface area contributed by atoms with Crippen LogP contribution >= 0.6 is 15.9 Å². The third-order valence-electron chi connectivity index (χ3n) is 5.51. The molecule has 0 bridgehead atoms. The first-order valence-electron chi connectivity index (χ1n) is 10.1. The number of fused-ring (bicyclic) bond motifs is 3. The van der Waals surface area contributed by atoms with Gasteiger partial charge in [0.1, 0.15) is 6.61 Å². The minimum absolute atomic E-state index is 0.0423. The molecule has 0 heterocycles. The molecule has 0 fully saturated rings. The van der Waals surface area contributed by atoms with E-state index in [9.17, 15) is 14.7 Å². The molecular formula is C25H22BrNO4. The van der Waals surface area contributed by atoms with Crippen LogP contribution < -0.4 is 5.32 Å². The normalized spacial score (nSPS) is 13.2. The summed E-state index contributed by atoms with van der Waals surface area (Å²) in [7, 11) is 0. The smallest absolute Gasteiger partial charge is 0.407 e. The zero-order valence-electron chi connectivity index (χ0n) is 16.8. The van der Waals surface area contributed by atoms with Crippen molar-refractivity contribution in [3.05, 3.63) is 94.0 Å². The van der Waals surface area contributed by atoms with Gasteiger partial charge in [-0.3, -0.25) is 4.79 Å². The van der Waals surface area contributed by atoms with E-state index in [0.717, 1.165) is 32.3 Å². The van der Waals surface area contributed by atoms with E-state index in [1.807, 2.05) is 48.5 Å². The van der Waals surface area contributed by atoms with Gasteiger partial charge in [-0.25, -0.2) is 4.79 Å². The van der Waals surface area contributed by atoms with Crippen molar-refractivity contribution in [2.45, 2.75) is 24.8 Å². The first-order valence-corrected chi connectivity index (χ1v) is 10.9. The number of hydrogen-bond acceptors (Lipinski definition) is 3. The Balaban J connectivity index is 1.44. The number of hydrogen-bond donors (Lipinski definition) is 2. The van der Waals surface area contributed by atoms with Crippen LogP contribution in [-0.4, -0.2) is 29.8 Å². The summed E-state index contributed by atoms with van der Waals surface area (Å²) in [5.74, 6) is -1.02. The van der Waals surface area contributed by atoms with E-state index in [-0.39, 0.29) is 18.9 Å². The Labute approximate surface area is 189 Å². The van der Waals surface area contributed by atoms with Crippen LogP contribution in [0.1, 0.15) is 29.0 Å². The quantitative estimate of drug-likeness (QED) is 0.477. The maximum atomic E-state index is 12.6. The number of amides is 1. The van der Waals surface area contributed by atoms with Crippen LogP contribution in [0.15, 0.2) is 77.3 Å². The summed E-state index contributed by atoms with van der Waals surface area (Å²) >= 11 is 3.47. The number of ether oxygens (including phenoxy) is 1. The number of benzene rings is 3. The van der Waals surface area contributed by atoms with Crippen LogP contribution in [0.2, 0.25) is 0 Å². The van der Waals surface area contributed by atoms with Crippen molar-refractivity contribution in [2.24, 2.45) is 0 Å². The van der Waals surface area contributed by atoms with Gasteiger partial charge in [-0.05, 0) is 40.3 Å². The lowest BCUT2D eigenvalue weighted by atomic mass is 9.98. The molecule has 3 aromatic carbocycles. The number of rotatable bonds is 7. The summed E-state index contributed by atoms with van der Waals surface area (Å²) in [5, 5.41) is 12.0. The molecule has 0 aromatic heterocycles. The van der Waals surface area contributed by atoms with Gasteiger partial charge < -0.3 is 15.2 Å². The Bertz CT molecular complexity index is 1070. The first kappa shape index (κ1) is 21.1. The van der Waals surface area contributed by atoms with E-state index in [1.165, 1.54) is 0 Å². The Morgan fingerprint density at radius 2 is 1.52 bits per heavy atom. The lowest BCUT2D eigenvalue weighted by molar-refractivity contribution is -0.137. The molecule has 3 aromatic rings. The highest BCUT2D eigenvalue weighted by Gasteiger charge is 2.29. The number of aliphatic carboxylic acids is 1. The minimum Gasteiger partial charge on any atom is -0.481 e. The van der Waals surface area contributed by atoms with E-state index in [0.29, 0.717) is 6.42 Å². The third-order valence-corrected chi connectivity index (χ3v) is 6.28. The molecule has 0 spiro atoms. The number of carboxylic acid groups (broad SMARTS) is 1. The van der Waals surface area contributed by atoms with Gasteiger partial charge in [-0.15, -0.1) is 0 Å². The second-order valence-electron chi connectivity index (χ2n) is 7.56. The summed E-state index contributed by atoms with van der Waals surface area (Å²) < 4.78 is 6.44. The van der Waals surface area contributed by atoms with Crippen molar-refractivity contribution in [3.63, 3.8) is 0 Å². The van der Waals surface area contributed by atoms with E-state index < -0.39 is 18.1 Å². The van der Waals surface area contributed by atoms with Gasteiger partial charge in [0.2, 0.25) is 0 Å². The third kappa shape index (κ3) is 4.80. The summed E-state index contributed by atoms with van der Waals surface area (Å²) in [6.07, 6.45) is -0.413. The Morgan fingerprint density at radius 3 is 2.13 bits per heavy atom. The number of carbonyl (C=O) groups excluding carboxylic acids is 1. The molecular weight excluding hydrogens is 458 g/mol. The Morgan fingerprint density at radius 1 is 0.935 bits per heavy atom. The van der Waals surface area contributed by atoms with Crippen molar-refractivity contribution in [1.82, 2.24) is 5.32 Å². The van der Waals surface area contributed by atoms with Crippen molar-refractivity contribution in [2.75, 3.05) is 6.61 Å². The predicted molar refractivity (Wildman–Crippen MR) is 122 cm³/mol. The van der Waals surface area contributed by atoms with Gasteiger partial charge in [0.15, 0.2) is 0 Å². The minimum atomic E-state index is -0.976. The average molecular weight is 480 g/mol. The molecule has 0 aliphatic heterocycles. The van der Waals surface area contributed by atoms with Crippen LogP contribution in [-0.2, 0) is 16.0 Å². The first-order chi connectivity index (χ1) is 15.0. The molecule has 0 radical (unpaired) electrons. The molecule has 0 saturated carbocycles. The van der Waals surface area contributed by atoms with Crippen molar-refractivity contribution in [1.29, 1.82) is 0 Å². The van der Waals surface area contributed by atoms with Crippen molar-refractivity contribution >= 4 is 28.0 Å². The van der Waals surface area contributed by atoms with Gasteiger partial charge in [-0.2, -0.15) is 0 Å². The largest absolute Gasteiger partial charge is 0.481 e. The number of nitrogens with one attached hydrogen (secondary N) is 1. The number of halogens is 1. The fourth-order valence-corrected chi connectivity index (χ4v) is 4.57. The van der Waals surface area contributed by atoms with Gasteiger partial charge >= 0.3 is 12.1 Å². The van der Waals surface area contributed by atoms with E-state index in [4.69, 9.17) is 4.74 Å². The molecule has 158 valence electrons. The monoisotopic (exact) mass is 479 g/mol.